The van der Waals surface area contributed by atoms with Crippen LogP contribution in [-0.4, -0.2) is 31.8 Å². The van der Waals surface area contributed by atoms with Crippen molar-refractivity contribution in [3.63, 3.8) is 0 Å². The summed E-state index contributed by atoms with van der Waals surface area (Å²) < 4.78 is 7.84. The van der Waals surface area contributed by atoms with Crippen LogP contribution in [0.5, 0.6) is 5.88 Å². The predicted octanol–water partition coefficient (Wildman–Crippen LogP) is 2.39. The van der Waals surface area contributed by atoms with E-state index in [0.717, 1.165) is 24.2 Å². The Hall–Kier alpha value is -2.22. The summed E-state index contributed by atoms with van der Waals surface area (Å²) in [6.07, 6.45) is 3.41. The normalized spacial score (nSPS) is 10.8. The second-order valence-corrected chi connectivity index (χ2v) is 6.08. The molecule has 0 aliphatic carbocycles. The lowest BCUT2D eigenvalue weighted by molar-refractivity contribution is -0.121. The third kappa shape index (κ3) is 4.89. The minimum atomic E-state index is -0.135. The molecule has 0 spiro atoms. The molecule has 0 radical (unpaired) electrons. The van der Waals surface area contributed by atoms with Gasteiger partial charge in [0.1, 0.15) is 12.4 Å². The van der Waals surface area contributed by atoms with Crippen LogP contribution in [0.3, 0.4) is 0 Å². The zero-order valence-electron chi connectivity index (χ0n) is 14.2. The van der Waals surface area contributed by atoms with E-state index in [-0.39, 0.29) is 18.6 Å². The number of pyridine rings is 1. The molecule has 1 amide bonds. The maximum atomic E-state index is 12.2. The maximum Gasteiger partial charge on any atom is 0.240 e. The minimum absolute atomic E-state index is 0.0233. The lowest BCUT2D eigenvalue weighted by atomic mass is 10.2. The number of hydrogen-bond acceptors (Lipinski definition) is 5. The first kappa shape index (κ1) is 18.1. The summed E-state index contributed by atoms with van der Waals surface area (Å²) in [6.45, 7) is 6.43. The van der Waals surface area contributed by atoms with Crippen molar-refractivity contribution in [3.8, 4) is 5.88 Å². The highest BCUT2D eigenvalue weighted by Gasteiger charge is 2.12. The number of hydrogen-bond donors (Lipinski definition) is 2. The van der Waals surface area contributed by atoms with Crippen LogP contribution in [0.25, 0.3) is 0 Å². The molecule has 0 saturated heterocycles. The number of H-pyrrole nitrogens is 1. The molecular weight excluding hydrogens is 326 g/mol. The molecule has 2 rings (SSSR count). The van der Waals surface area contributed by atoms with Crippen molar-refractivity contribution in [2.24, 2.45) is 0 Å². The molecule has 2 aromatic heterocycles. The monoisotopic (exact) mass is 349 g/mol. The van der Waals surface area contributed by atoms with Crippen molar-refractivity contribution in [1.82, 2.24) is 25.1 Å². The van der Waals surface area contributed by atoms with Gasteiger partial charge in [-0.25, -0.2) is 4.98 Å². The van der Waals surface area contributed by atoms with Crippen molar-refractivity contribution in [3.05, 3.63) is 34.5 Å². The molecule has 0 atom stereocenters. The minimum Gasteiger partial charge on any atom is -0.475 e. The highest BCUT2D eigenvalue weighted by molar-refractivity contribution is 7.71. The van der Waals surface area contributed by atoms with Crippen LogP contribution in [0.1, 0.15) is 38.6 Å². The van der Waals surface area contributed by atoms with Gasteiger partial charge >= 0.3 is 0 Å². The van der Waals surface area contributed by atoms with Crippen LogP contribution in [-0.2, 0) is 24.3 Å². The molecule has 2 N–H and O–H groups in total. The Bertz CT molecular complexity index is 738. The van der Waals surface area contributed by atoms with Gasteiger partial charge in [0.05, 0.1) is 6.10 Å². The van der Waals surface area contributed by atoms with Crippen LogP contribution in [0.2, 0.25) is 0 Å². The molecular formula is C16H23N5O2S. The first-order valence-electron chi connectivity index (χ1n) is 8.02. The van der Waals surface area contributed by atoms with Crippen LogP contribution in [0, 0.1) is 4.77 Å². The van der Waals surface area contributed by atoms with E-state index in [4.69, 9.17) is 17.0 Å². The number of ether oxygens (including phenoxy) is 1. The predicted molar refractivity (Wildman–Crippen MR) is 93.3 cm³/mol. The summed E-state index contributed by atoms with van der Waals surface area (Å²) >= 11 is 5.19. The Morgan fingerprint density at radius 2 is 2.29 bits per heavy atom. The average molecular weight is 349 g/mol. The van der Waals surface area contributed by atoms with E-state index in [0.29, 0.717) is 17.2 Å². The SMILES string of the molecule is CCCc1n[nH]c(=S)n1CC(=O)NCc1cccnc1OC(C)C. The van der Waals surface area contributed by atoms with Crippen molar-refractivity contribution in [1.29, 1.82) is 0 Å². The van der Waals surface area contributed by atoms with E-state index in [1.54, 1.807) is 10.8 Å². The van der Waals surface area contributed by atoms with E-state index in [9.17, 15) is 4.79 Å². The number of aromatic amines is 1. The van der Waals surface area contributed by atoms with Crippen LogP contribution in [0.4, 0.5) is 0 Å². The fourth-order valence-corrected chi connectivity index (χ4v) is 2.42. The molecule has 24 heavy (non-hydrogen) atoms. The quantitative estimate of drug-likeness (QED) is 0.715. The van der Waals surface area contributed by atoms with E-state index in [1.165, 1.54) is 0 Å². The van der Waals surface area contributed by atoms with Crippen LogP contribution >= 0.6 is 12.2 Å². The standard InChI is InChI=1S/C16H23N5O2S/c1-4-6-13-19-20-16(24)21(13)10-14(22)18-9-12-7-5-8-17-15(12)23-11(2)3/h5,7-8,11H,4,6,9-10H2,1-3H3,(H,18,22)(H,20,24). The molecule has 0 aliphatic rings. The smallest absolute Gasteiger partial charge is 0.240 e. The highest BCUT2D eigenvalue weighted by atomic mass is 32.1. The highest BCUT2D eigenvalue weighted by Crippen LogP contribution is 2.15. The number of amides is 1. The Balaban J connectivity index is 1.99. The lowest BCUT2D eigenvalue weighted by Gasteiger charge is -2.13. The van der Waals surface area contributed by atoms with Gasteiger partial charge in [0, 0.05) is 24.7 Å². The fraction of sp³-hybridized carbons (Fsp3) is 0.500. The number of aryl methyl sites for hydroxylation is 1. The first-order valence-corrected chi connectivity index (χ1v) is 8.43. The molecule has 8 heteroatoms. The van der Waals surface area contributed by atoms with Gasteiger partial charge in [-0.15, -0.1) is 0 Å². The molecule has 0 aromatic carbocycles. The number of carbonyl (C=O) groups is 1. The number of aromatic nitrogens is 4. The third-order valence-electron chi connectivity index (χ3n) is 3.29. The molecule has 0 fully saturated rings. The third-order valence-corrected chi connectivity index (χ3v) is 3.60. The van der Waals surface area contributed by atoms with Crippen molar-refractivity contribution < 1.29 is 9.53 Å². The molecule has 0 bridgehead atoms. The van der Waals surface area contributed by atoms with Crippen molar-refractivity contribution in [2.45, 2.75) is 52.8 Å². The van der Waals surface area contributed by atoms with Gasteiger partial charge < -0.3 is 10.1 Å². The number of nitrogens with one attached hydrogen (secondary N) is 2. The molecule has 0 unspecified atom stereocenters. The summed E-state index contributed by atoms with van der Waals surface area (Å²) in [6, 6.07) is 3.71. The van der Waals surface area contributed by atoms with E-state index < -0.39 is 0 Å². The molecule has 0 aliphatic heterocycles. The second kappa shape index (κ2) is 8.58. The number of rotatable bonds is 8. The summed E-state index contributed by atoms with van der Waals surface area (Å²) in [4.78, 5) is 16.5. The van der Waals surface area contributed by atoms with Gasteiger partial charge in [0.15, 0.2) is 4.77 Å². The molecule has 7 nitrogen and oxygen atoms in total. The number of carbonyl (C=O) groups excluding carboxylic acids is 1. The Labute approximate surface area is 146 Å². The van der Waals surface area contributed by atoms with E-state index in [1.807, 2.05) is 26.0 Å². The average Bonchev–Trinajstić information content (AvgIpc) is 2.87. The van der Waals surface area contributed by atoms with E-state index >= 15 is 0 Å². The largest absolute Gasteiger partial charge is 0.475 e. The first-order chi connectivity index (χ1) is 11.5. The number of nitrogens with zero attached hydrogens (tertiary/aromatic N) is 3. The van der Waals surface area contributed by atoms with Gasteiger partial charge in [-0.1, -0.05) is 13.0 Å². The van der Waals surface area contributed by atoms with E-state index in [2.05, 4.69) is 27.4 Å². The van der Waals surface area contributed by atoms with Crippen molar-refractivity contribution >= 4 is 18.1 Å². The summed E-state index contributed by atoms with van der Waals surface area (Å²) in [7, 11) is 0. The molecule has 2 heterocycles. The Kier molecular flexibility index (Phi) is 6.48. The lowest BCUT2D eigenvalue weighted by Crippen LogP contribution is -2.28. The Morgan fingerprint density at radius 1 is 1.50 bits per heavy atom. The molecule has 2 aromatic rings. The summed E-state index contributed by atoms with van der Waals surface area (Å²) in [5.41, 5.74) is 0.837. The van der Waals surface area contributed by atoms with Crippen LogP contribution < -0.4 is 10.1 Å². The maximum absolute atomic E-state index is 12.2. The van der Waals surface area contributed by atoms with Gasteiger partial charge in [-0.2, -0.15) is 5.10 Å². The van der Waals surface area contributed by atoms with Gasteiger partial charge in [-0.05, 0) is 38.6 Å². The summed E-state index contributed by atoms with van der Waals surface area (Å²) in [5, 5.41) is 9.78. The molecule has 0 saturated carbocycles. The van der Waals surface area contributed by atoms with Gasteiger partial charge in [0.25, 0.3) is 0 Å². The molecule has 130 valence electrons. The summed E-state index contributed by atoms with van der Waals surface area (Å²) in [5.74, 6) is 1.20. The zero-order valence-corrected chi connectivity index (χ0v) is 15.0. The van der Waals surface area contributed by atoms with Crippen LogP contribution in [0.15, 0.2) is 18.3 Å². The topological polar surface area (TPSA) is 84.8 Å². The fourth-order valence-electron chi connectivity index (χ4n) is 2.21. The zero-order chi connectivity index (χ0) is 17.5. The van der Waals surface area contributed by atoms with Crippen molar-refractivity contribution in [2.75, 3.05) is 0 Å². The Morgan fingerprint density at radius 3 is 3.00 bits per heavy atom. The van der Waals surface area contributed by atoms with Gasteiger partial charge in [0.2, 0.25) is 11.8 Å². The van der Waals surface area contributed by atoms with Gasteiger partial charge in [-0.3, -0.25) is 14.5 Å². The second-order valence-electron chi connectivity index (χ2n) is 5.69.